The second kappa shape index (κ2) is 5.58. The van der Waals surface area contributed by atoms with Crippen LogP contribution in [-0.4, -0.2) is 10.1 Å². The van der Waals surface area contributed by atoms with Crippen LogP contribution in [0.5, 0.6) is 5.75 Å². The SMILES string of the molecule is Oc1cc(F)cc(CNc2ccc(Cl)c3cccnc23)c1. The highest BCUT2D eigenvalue weighted by Gasteiger charge is 2.06. The summed E-state index contributed by atoms with van der Waals surface area (Å²) >= 11 is 6.14. The number of pyridine rings is 1. The van der Waals surface area contributed by atoms with E-state index in [2.05, 4.69) is 10.3 Å². The lowest BCUT2D eigenvalue weighted by Crippen LogP contribution is -2.01. The first-order valence-corrected chi connectivity index (χ1v) is 6.77. The standard InChI is InChI=1S/C16H12ClFN2O/c17-14-3-4-15(16-13(14)2-1-5-19-16)20-9-10-6-11(18)8-12(21)7-10/h1-8,20-21H,9H2. The molecule has 3 rings (SSSR count). The van der Waals surface area contributed by atoms with E-state index in [0.717, 1.165) is 22.7 Å². The van der Waals surface area contributed by atoms with Gasteiger partial charge in [-0.05, 0) is 42.0 Å². The first-order valence-electron chi connectivity index (χ1n) is 6.39. The maximum atomic E-state index is 13.2. The minimum absolute atomic E-state index is 0.0918. The molecule has 0 saturated carbocycles. The van der Waals surface area contributed by atoms with Crippen molar-refractivity contribution in [3.63, 3.8) is 0 Å². The number of rotatable bonds is 3. The summed E-state index contributed by atoms with van der Waals surface area (Å²) in [5.74, 6) is -0.559. The Kier molecular flexibility index (Phi) is 3.62. The molecule has 106 valence electrons. The van der Waals surface area contributed by atoms with Crippen molar-refractivity contribution in [3.8, 4) is 5.75 Å². The fraction of sp³-hybridized carbons (Fsp3) is 0.0625. The van der Waals surface area contributed by atoms with Gasteiger partial charge in [0.2, 0.25) is 0 Å². The summed E-state index contributed by atoms with van der Waals surface area (Å²) in [6.07, 6.45) is 1.69. The summed E-state index contributed by atoms with van der Waals surface area (Å²) in [4.78, 5) is 4.32. The molecule has 0 spiro atoms. The van der Waals surface area contributed by atoms with Gasteiger partial charge in [-0.25, -0.2) is 4.39 Å². The summed E-state index contributed by atoms with van der Waals surface area (Å²) in [5.41, 5.74) is 2.20. The molecule has 0 unspecified atom stereocenters. The van der Waals surface area contributed by atoms with Crippen LogP contribution in [0.4, 0.5) is 10.1 Å². The number of hydrogen-bond donors (Lipinski definition) is 2. The number of fused-ring (bicyclic) bond motifs is 1. The molecule has 2 aromatic carbocycles. The maximum absolute atomic E-state index is 13.2. The Morgan fingerprint density at radius 2 is 2.05 bits per heavy atom. The molecule has 0 atom stereocenters. The smallest absolute Gasteiger partial charge is 0.127 e. The predicted octanol–water partition coefficient (Wildman–Crippen LogP) is 4.35. The Balaban J connectivity index is 1.90. The fourth-order valence-electron chi connectivity index (χ4n) is 2.21. The monoisotopic (exact) mass is 302 g/mol. The van der Waals surface area contributed by atoms with Crippen molar-refractivity contribution in [2.45, 2.75) is 6.54 Å². The molecule has 0 saturated heterocycles. The number of aromatic nitrogens is 1. The van der Waals surface area contributed by atoms with Crippen LogP contribution >= 0.6 is 11.6 Å². The Morgan fingerprint density at radius 3 is 2.86 bits per heavy atom. The molecule has 0 aliphatic heterocycles. The van der Waals surface area contributed by atoms with E-state index >= 15 is 0 Å². The third-order valence-corrected chi connectivity index (χ3v) is 3.47. The topological polar surface area (TPSA) is 45.1 Å². The largest absolute Gasteiger partial charge is 0.508 e. The molecule has 21 heavy (non-hydrogen) atoms. The molecule has 0 amide bonds. The normalized spacial score (nSPS) is 10.8. The summed E-state index contributed by atoms with van der Waals surface area (Å²) in [6.45, 7) is 0.374. The Hall–Kier alpha value is -2.33. The first kappa shape index (κ1) is 13.6. The zero-order valence-electron chi connectivity index (χ0n) is 11.0. The molecule has 2 N–H and O–H groups in total. The lowest BCUT2D eigenvalue weighted by molar-refractivity contribution is 0.468. The van der Waals surface area contributed by atoms with Crippen molar-refractivity contribution in [2.75, 3.05) is 5.32 Å². The van der Waals surface area contributed by atoms with Crippen molar-refractivity contribution < 1.29 is 9.50 Å². The van der Waals surface area contributed by atoms with Gasteiger partial charge in [-0.1, -0.05) is 11.6 Å². The summed E-state index contributed by atoms with van der Waals surface area (Å²) < 4.78 is 13.2. The highest BCUT2D eigenvalue weighted by molar-refractivity contribution is 6.35. The first-order chi connectivity index (χ1) is 10.1. The number of phenolic OH excluding ortho intramolecular Hbond substituents is 1. The van der Waals surface area contributed by atoms with Gasteiger partial charge >= 0.3 is 0 Å². The molecule has 0 aliphatic rings. The van der Waals surface area contributed by atoms with E-state index in [9.17, 15) is 9.50 Å². The van der Waals surface area contributed by atoms with Gasteiger partial charge in [0.1, 0.15) is 11.6 Å². The summed E-state index contributed by atoms with van der Waals surface area (Å²) in [7, 11) is 0. The number of aromatic hydroxyl groups is 1. The number of nitrogens with zero attached hydrogens (tertiary/aromatic N) is 1. The zero-order valence-corrected chi connectivity index (χ0v) is 11.7. The third-order valence-electron chi connectivity index (χ3n) is 3.14. The predicted molar refractivity (Wildman–Crippen MR) is 82.1 cm³/mol. The maximum Gasteiger partial charge on any atom is 0.127 e. The van der Waals surface area contributed by atoms with Crippen molar-refractivity contribution in [3.05, 3.63) is 65.1 Å². The van der Waals surface area contributed by atoms with Crippen LogP contribution < -0.4 is 5.32 Å². The van der Waals surface area contributed by atoms with E-state index in [1.54, 1.807) is 12.3 Å². The molecule has 0 radical (unpaired) electrons. The fourth-order valence-corrected chi connectivity index (χ4v) is 2.43. The number of halogens is 2. The minimum Gasteiger partial charge on any atom is -0.508 e. The van der Waals surface area contributed by atoms with Crippen molar-refractivity contribution in [1.82, 2.24) is 4.98 Å². The number of nitrogens with one attached hydrogen (secondary N) is 1. The van der Waals surface area contributed by atoms with Crippen LogP contribution in [0.3, 0.4) is 0 Å². The zero-order chi connectivity index (χ0) is 14.8. The van der Waals surface area contributed by atoms with Crippen LogP contribution in [0.2, 0.25) is 5.02 Å². The van der Waals surface area contributed by atoms with E-state index in [4.69, 9.17) is 11.6 Å². The van der Waals surface area contributed by atoms with Gasteiger partial charge in [-0.2, -0.15) is 0 Å². The molecule has 3 nitrogen and oxygen atoms in total. The Bertz CT molecular complexity index is 787. The van der Waals surface area contributed by atoms with E-state index in [0.29, 0.717) is 17.1 Å². The van der Waals surface area contributed by atoms with Gasteiger partial charge in [-0.15, -0.1) is 0 Å². The minimum atomic E-state index is -0.467. The summed E-state index contributed by atoms with van der Waals surface area (Å²) in [5, 5.41) is 14.1. The lowest BCUT2D eigenvalue weighted by atomic mass is 10.1. The van der Waals surface area contributed by atoms with Gasteiger partial charge in [0.05, 0.1) is 16.2 Å². The second-order valence-corrected chi connectivity index (χ2v) is 5.07. The van der Waals surface area contributed by atoms with Gasteiger partial charge in [-0.3, -0.25) is 4.98 Å². The average molecular weight is 303 g/mol. The number of phenols is 1. The highest BCUT2D eigenvalue weighted by Crippen LogP contribution is 2.28. The van der Waals surface area contributed by atoms with Gasteiger partial charge in [0.15, 0.2) is 0 Å². The van der Waals surface area contributed by atoms with Crippen LogP contribution in [0, 0.1) is 5.82 Å². The third kappa shape index (κ3) is 2.90. The van der Waals surface area contributed by atoms with Gasteiger partial charge in [0, 0.05) is 24.2 Å². The number of hydrogen-bond acceptors (Lipinski definition) is 3. The Labute approximate surface area is 126 Å². The van der Waals surface area contributed by atoms with E-state index in [-0.39, 0.29) is 5.75 Å². The molecule has 3 aromatic rings. The van der Waals surface area contributed by atoms with E-state index < -0.39 is 5.82 Å². The number of anilines is 1. The average Bonchev–Trinajstić information content (AvgIpc) is 2.46. The van der Waals surface area contributed by atoms with Crippen molar-refractivity contribution in [1.29, 1.82) is 0 Å². The summed E-state index contributed by atoms with van der Waals surface area (Å²) in [6, 6.07) is 11.3. The van der Waals surface area contributed by atoms with Crippen molar-refractivity contribution in [2.24, 2.45) is 0 Å². The second-order valence-electron chi connectivity index (χ2n) is 4.67. The molecular formula is C16H12ClFN2O. The molecule has 5 heteroatoms. The van der Waals surface area contributed by atoms with E-state index in [1.807, 2.05) is 18.2 Å². The van der Waals surface area contributed by atoms with E-state index in [1.165, 1.54) is 12.1 Å². The molecule has 0 aliphatic carbocycles. The molecular weight excluding hydrogens is 291 g/mol. The lowest BCUT2D eigenvalue weighted by Gasteiger charge is -2.10. The van der Waals surface area contributed by atoms with Gasteiger partial charge < -0.3 is 10.4 Å². The molecule has 0 fully saturated rings. The molecule has 1 aromatic heterocycles. The Morgan fingerprint density at radius 1 is 1.19 bits per heavy atom. The van der Waals surface area contributed by atoms with Gasteiger partial charge in [0.25, 0.3) is 0 Å². The van der Waals surface area contributed by atoms with Crippen molar-refractivity contribution >= 4 is 28.2 Å². The van der Waals surface area contributed by atoms with Crippen LogP contribution in [0.15, 0.2) is 48.7 Å². The van der Waals surface area contributed by atoms with Crippen LogP contribution in [-0.2, 0) is 6.54 Å². The van der Waals surface area contributed by atoms with Crippen LogP contribution in [0.1, 0.15) is 5.56 Å². The quantitative estimate of drug-likeness (QED) is 0.756. The number of benzene rings is 2. The molecule has 1 heterocycles. The highest BCUT2D eigenvalue weighted by atomic mass is 35.5. The van der Waals surface area contributed by atoms with Crippen LogP contribution in [0.25, 0.3) is 10.9 Å². The molecule has 0 bridgehead atoms.